The van der Waals surface area contributed by atoms with Gasteiger partial charge in [0.15, 0.2) is 11.5 Å². The Labute approximate surface area is 199 Å². The van der Waals surface area contributed by atoms with Gasteiger partial charge in [-0.05, 0) is 79.6 Å². The summed E-state index contributed by atoms with van der Waals surface area (Å²) in [6.45, 7) is 4.10. The highest BCUT2D eigenvalue weighted by atomic mass is 79.9. The summed E-state index contributed by atoms with van der Waals surface area (Å²) in [5, 5.41) is 4.33. The van der Waals surface area contributed by atoms with Crippen LogP contribution < -0.4 is 14.9 Å². The Morgan fingerprint density at radius 1 is 1.06 bits per heavy atom. The normalized spacial score (nSPS) is 10.8. The highest BCUT2D eigenvalue weighted by Gasteiger charge is 2.13. The van der Waals surface area contributed by atoms with E-state index >= 15 is 0 Å². The molecular formula is C24H20BrClN2O4. The van der Waals surface area contributed by atoms with Crippen LogP contribution in [-0.2, 0) is 0 Å². The Morgan fingerprint density at radius 2 is 1.81 bits per heavy atom. The third-order valence-corrected chi connectivity index (χ3v) is 5.14. The van der Waals surface area contributed by atoms with Crippen LogP contribution in [0, 0.1) is 6.92 Å². The lowest BCUT2D eigenvalue weighted by Gasteiger charge is -2.11. The average Bonchev–Trinajstić information content (AvgIpc) is 2.76. The largest absolute Gasteiger partial charge is 0.490 e. The molecule has 0 heterocycles. The predicted octanol–water partition coefficient (Wildman–Crippen LogP) is 5.79. The zero-order valence-corrected chi connectivity index (χ0v) is 19.7. The number of rotatable bonds is 7. The van der Waals surface area contributed by atoms with Gasteiger partial charge in [0.25, 0.3) is 5.91 Å². The second-order valence-corrected chi connectivity index (χ2v) is 8.04. The van der Waals surface area contributed by atoms with Gasteiger partial charge in [-0.2, -0.15) is 5.10 Å². The molecule has 0 atom stereocenters. The topological polar surface area (TPSA) is 77.0 Å². The second kappa shape index (κ2) is 10.9. The van der Waals surface area contributed by atoms with Crippen LogP contribution in [0.2, 0.25) is 5.02 Å². The standard InChI is InChI=1S/C24H20BrClN2O4/c1-3-31-22-13-16(14-27-28-23(29)19-10-4-15(2)12-20(19)26)5-11-21(22)32-24(30)17-6-8-18(25)9-7-17/h4-14H,3H2,1-2H3,(H,28,29). The van der Waals surface area contributed by atoms with Gasteiger partial charge in [0, 0.05) is 4.47 Å². The van der Waals surface area contributed by atoms with E-state index in [0.717, 1.165) is 10.0 Å². The minimum Gasteiger partial charge on any atom is -0.490 e. The molecule has 6 nitrogen and oxygen atoms in total. The van der Waals surface area contributed by atoms with Crippen molar-refractivity contribution in [3.63, 3.8) is 0 Å². The molecule has 0 fully saturated rings. The van der Waals surface area contributed by atoms with Crippen molar-refractivity contribution < 1.29 is 19.1 Å². The lowest BCUT2D eigenvalue weighted by Crippen LogP contribution is -2.18. The number of amides is 1. The summed E-state index contributed by atoms with van der Waals surface area (Å²) in [6.07, 6.45) is 1.46. The van der Waals surface area contributed by atoms with E-state index in [9.17, 15) is 9.59 Å². The van der Waals surface area contributed by atoms with E-state index < -0.39 is 11.9 Å². The molecule has 3 rings (SSSR count). The van der Waals surface area contributed by atoms with Crippen molar-refractivity contribution in [2.45, 2.75) is 13.8 Å². The van der Waals surface area contributed by atoms with Gasteiger partial charge in [-0.25, -0.2) is 10.2 Å². The van der Waals surface area contributed by atoms with E-state index in [1.165, 1.54) is 6.21 Å². The van der Waals surface area contributed by atoms with Crippen molar-refractivity contribution in [1.82, 2.24) is 5.43 Å². The Balaban J connectivity index is 1.71. The maximum atomic E-state index is 12.4. The molecule has 0 saturated carbocycles. The summed E-state index contributed by atoms with van der Waals surface area (Å²) < 4.78 is 12.0. The first-order valence-corrected chi connectivity index (χ1v) is 10.9. The molecule has 32 heavy (non-hydrogen) atoms. The number of aryl methyl sites for hydroxylation is 1. The highest BCUT2D eigenvalue weighted by Crippen LogP contribution is 2.29. The second-order valence-electron chi connectivity index (χ2n) is 6.72. The van der Waals surface area contributed by atoms with Gasteiger partial charge in [-0.1, -0.05) is 33.6 Å². The highest BCUT2D eigenvalue weighted by molar-refractivity contribution is 9.10. The molecule has 0 radical (unpaired) electrons. The molecular weight excluding hydrogens is 496 g/mol. The Bertz CT molecular complexity index is 1160. The van der Waals surface area contributed by atoms with E-state index in [0.29, 0.717) is 34.1 Å². The van der Waals surface area contributed by atoms with Crippen LogP contribution in [0.4, 0.5) is 0 Å². The van der Waals surface area contributed by atoms with Crippen LogP contribution in [-0.4, -0.2) is 24.7 Å². The Morgan fingerprint density at radius 3 is 2.50 bits per heavy atom. The number of esters is 1. The van der Waals surface area contributed by atoms with Crippen LogP contribution in [0.15, 0.2) is 70.2 Å². The molecule has 0 aliphatic heterocycles. The van der Waals surface area contributed by atoms with Crippen molar-refractivity contribution in [2.24, 2.45) is 5.10 Å². The maximum absolute atomic E-state index is 12.4. The molecule has 0 spiro atoms. The summed E-state index contributed by atoms with van der Waals surface area (Å²) in [4.78, 5) is 24.7. The third kappa shape index (κ3) is 6.18. The predicted molar refractivity (Wildman–Crippen MR) is 128 cm³/mol. The van der Waals surface area contributed by atoms with Crippen molar-refractivity contribution in [2.75, 3.05) is 6.61 Å². The first-order valence-electron chi connectivity index (χ1n) is 9.71. The minimum absolute atomic E-state index is 0.285. The average molecular weight is 516 g/mol. The number of nitrogens with one attached hydrogen (secondary N) is 1. The number of hydrogen-bond donors (Lipinski definition) is 1. The number of carbonyl (C=O) groups is 2. The Hall–Kier alpha value is -3.16. The van der Waals surface area contributed by atoms with Crippen molar-refractivity contribution in [3.05, 3.63) is 92.4 Å². The molecule has 0 aliphatic carbocycles. The number of halogens is 2. The SMILES string of the molecule is CCOc1cc(C=NNC(=O)c2ccc(C)cc2Cl)ccc1OC(=O)c1ccc(Br)cc1. The number of ether oxygens (including phenoxy) is 2. The molecule has 8 heteroatoms. The lowest BCUT2D eigenvalue weighted by atomic mass is 10.1. The Kier molecular flexibility index (Phi) is 8.03. The molecule has 0 aliphatic rings. The molecule has 1 amide bonds. The third-order valence-electron chi connectivity index (χ3n) is 4.30. The van der Waals surface area contributed by atoms with Gasteiger partial charge in [0.05, 0.1) is 29.0 Å². The molecule has 3 aromatic carbocycles. The molecule has 0 saturated heterocycles. The molecule has 0 unspecified atom stereocenters. The van der Waals surface area contributed by atoms with Crippen LogP contribution in [0.5, 0.6) is 11.5 Å². The van der Waals surface area contributed by atoms with Gasteiger partial charge < -0.3 is 9.47 Å². The number of carbonyl (C=O) groups excluding carboxylic acids is 2. The van der Waals surface area contributed by atoms with Crippen LogP contribution in [0.25, 0.3) is 0 Å². The van der Waals surface area contributed by atoms with Gasteiger partial charge in [0.1, 0.15) is 0 Å². The smallest absolute Gasteiger partial charge is 0.343 e. The molecule has 1 N–H and O–H groups in total. The van der Waals surface area contributed by atoms with Crippen LogP contribution in [0.3, 0.4) is 0 Å². The summed E-state index contributed by atoms with van der Waals surface area (Å²) in [7, 11) is 0. The fourth-order valence-corrected chi connectivity index (χ4v) is 3.32. The monoisotopic (exact) mass is 514 g/mol. The zero-order valence-electron chi connectivity index (χ0n) is 17.4. The molecule has 3 aromatic rings. The molecule has 0 aromatic heterocycles. The fraction of sp³-hybridized carbons (Fsp3) is 0.125. The van der Waals surface area contributed by atoms with Crippen LogP contribution >= 0.6 is 27.5 Å². The summed E-state index contributed by atoms with van der Waals surface area (Å²) >= 11 is 9.45. The first-order chi connectivity index (χ1) is 15.4. The summed E-state index contributed by atoms with van der Waals surface area (Å²) in [5.41, 5.74) is 4.80. The van der Waals surface area contributed by atoms with E-state index in [1.807, 2.05) is 13.8 Å². The van der Waals surface area contributed by atoms with Gasteiger partial charge in [-0.15, -0.1) is 0 Å². The van der Waals surface area contributed by atoms with Gasteiger partial charge in [-0.3, -0.25) is 4.79 Å². The fourth-order valence-electron chi connectivity index (χ4n) is 2.73. The molecule has 0 bridgehead atoms. The van der Waals surface area contributed by atoms with Gasteiger partial charge in [0.2, 0.25) is 0 Å². The zero-order chi connectivity index (χ0) is 23.1. The number of hydrazone groups is 1. The number of benzene rings is 3. The van der Waals surface area contributed by atoms with E-state index in [1.54, 1.807) is 60.7 Å². The van der Waals surface area contributed by atoms with Gasteiger partial charge >= 0.3 is 5.97 Å². The maximum Gasteiger partial charge on any atom is 0.343 e. The van der Waals surface area contributed by atoms with E-state index in [-0.39, 0.29) is 5.75 Å². The van der Waals surface area contributed by atoms with E-state index in [2.05, 4.69) is 26.5 Å². The quantitative estimate of drug-likeness (QED) is 0.187. The molecule has 164 valence electrons. The number of hydrogen-bond acceptors (Lipinski definition) is 5. The lowest BCUT2D eigenvalue weighted by molar-refractivity contribution is 0.0728. The van der Waals surface area contributed by atoms with Crippen molar-refractivity contribution in [3.8, 4) is 11.5 Å². The van der Waals surface area contributed by atoms with Crippen molar-refractivity contribution >= 4 is 45.6 Å². The first kappa shape index (κ1) is 23.5. The number of nitrogens with zero attached hydrogens (tertiary/aromatic N) is 1. The minimum atomic E-state index is -0.498. The van der Waals surface area contributed by atoms with Crippen molar-refractivity contribution in [1.29, 1.82) is 0 Å². The van der Waals surface area contributed by atoms with Crippen LogP contribution in [0.1, 0.15) is 38.8 Å². The van der Waals surface area contributed by atoms with E-state index in [4.69, 9.17) is 21.1 Å². The summed E-state index contributed by atoms with van der Waals surface area (Å²) in [5.74, 6) is -0.249. The summed E-state index contributed by atoms with van der Waals surface area (Å²) in [6, 6.07) is 17.0.